The molecule has 0 aliphatic carbocycles. The van der Waals surface area contributed by atoms with Crippen molar-refractivity contribution in [1.29, 1.82) is 0 Å². The molecule has 0 aromatic heterocycles. The number of guanidine groups is 1. The van der Waals surface area contributed by atoms with Crippen molar-refractivity contribution in [1.82, 2.24) is 10.6 Å². The number of hydrogen-bond donors (Lipinski definition) is 4. The summed E-state index contributed by atoms with van der Waals surface area (Å²) in [5, 5.41) is 18.4. The van der Waals surface area contributed by atoms with Crippen LogP contribution < -0.4 is 25.4 Å². The number of halogens is 1. The van der Waals surface area contributed by atoms with Gasteiger partial charge in [-0.15, -0.1) is 24.0 Å². The summed E-state index contributed by atoms with van der Waals surface area (Å²) in [4.78, 5) is 16.5. The van der Waals surface area contributed by atoms with Crippen LogP contribution in [0.25, 0.3) is 0 Å². The predicted octanol–water partition coefficient (Wildman–Crippen LogP) is 2.83. The summed E-state index contributed by atoms with van der Waals surface area (Å²) < 4.78 is 10.5. The molecule has 158 valence electrons. The molecule has 0 radical (unpaired) electrons. The van der Waals surface area contributed by atoms with Crippen molar-refractivity contribution in [3.05, 3.63) is 48.0 Å². The van der Waals surface area contributed by atoms with Crippen molar-refractivity contribution >= 4 is 41.5 Å². The number of anilines is 1. The van der Waals surface area contributed by atoms with Crippen molar-refractivity contribution in [3.63, 3.8) is 0 Å². The van der Waals surface area contributed by atoms with Crippen LogP contribution >= 0.6 is 24.0 Å². The third-order valence-electron chi connectivity index (χ3n) is 3.79. The molecule has 8 nitrogen and oxygen atoms in total. The molecule has 0 aliphatic rings. The minimum atomic E-state index is -0.215. The molecule has 9 heteroatoms. The van der Waals surface area contributed by atoms with E-state index in [1.54, 1.807) is 26.4 Å². The third kappa shape index (κ3) is 7.68. The van der Waals surface area contributed by atoms with Crippen molar-refractivity contribution in [2.45, 2.75) is 6.92 Å². The Hall–Kier alpha value is -2.69. The van der Waals surface area contributed by atoms with Gasteiger partial charge in [-0.1, -0.05) is 0 Å². The Balaban J connectivity index is 0.00000420. The van der Waals surface area contributed by atoms with E-state index in [9.17, 15) is 9.90 Å². The van der Waals surface area contributed by atoms with Crippen LogP contribution in [0, 0.1) is 0 Å². The Bertz CT molecular complexity index is 813. The average molecular weight is 514 g/mol. The summed E-state index contributed by atoms with van der Waals surface area (Å²) in [7, 11) is 3.17. The van der Waals surface area contributed by atoms with Crippen LogP contribution in [0.15, 0.2) is 47.5 Å². The highest BCUT2D eigenvalue weighted by Crippen LogP contribution is 2.29. The molecule has 2 rings (SSSR count). The van der Waals surface area contributed by atoms with Crippen LogP contribution in [-0.4, -0.2) is 50.8 Å². The number of ether oxygens (including phenoxy) is 2. The van der Waals surface area contributed by atoms with E-state index in [1.165, 1.54) is 12.1 Å². The Morgan fingerprint density at radius 1 is 1.03 bits per heavy atom. The van der Waals surface area contributed by atoms with Gasteiger partial charge in [-0.2, -0.15) is 0 Å². The molecule has 0 saturated heterocycles. The molecule has 0 fully saturated rings. The average Bonchev–Trinajstić information content (AvgIpc) is 2.71. The number of benzene rings is 2. The molecule has 0 bridgehead atoms. The lowest BCUT2D eigenvalue weighted by Gasteiger charge is -2.14. The van der Waals surface area contributed by atoms with E-state index in [4.69, 9.17) is 9.47 Å². The number of hydrogen-bond acceptors (Lipinski definition) is 5. The number of methoxy groups -OCH3 is 2. The van der Waals surface area contributed by atoms with Crippen LogP contribution in [0.2, 0.25) is 0 Å². The zero-order valence-corrected chi connectivity index (χ0v) is 19.0. The maximum atomic E-state index is 12.1. The van der Waals surface area contributed by atoms with Crippen molar-refractivity contribution in [2.24, 2.45) is 4.99 Å². The minimum absolute atomic E-state index is 0. The fourth-order valence-corrected chi connectivity index (χ4v) is 2.41. The minimum Gasteiger partial charge on any atom is -0.508 e. The highest BCUT2D eigenvalue weighted by Gasteiger charge is 2.07. The topological polar surface area (TPSA) is 104 Å². The number of rotatable bonds is 8. The third-order valence-corrected chi connectivity index (χ3v) is 3.79. The molecule has 0 atom stereocenters. The normalized spacial score (nSPS) is 10.5. The molecule has 1 amide bonds. The zero-order chi connectivity index (χ0) is 20.4. The van der Waals surface area contributed by atoms with Crippen LogP contribution in [0.1, 0.15) is 17.3 Å². The molecule has 2 aromatic carbocycles. The molecule has 0 unspecified atom stereocenters. The van der Waals surface area contributed by atoms with Gasteiger partial charge in [0.1, 0.15) is 5.75 Å². The number of nitrogens with zero attached hydrogens (tertiary/aromatic N) is 1. The smallest absolute Gasteiger partial charge is 0.251 e. The van der Waals surface area contributed by atoms with E-state index >= 15 is 0 Å². The van der Waals surface area contributed by atoms with Gasteiger partial charge in [-0.25, -0.2) is 0 Å². The van der Waals surface area contributed by atoms with Crippen molar-refractivity contribution in [3.8, 4) is 17.2 Å². The second-order valence-corrected chi connectivity index (χ2v) is 5.76. The molecule has 0 saturated carbocycles. The zero-order valence-electron chi connectivity index (χ0n) is 16.7. The highest BCUT2D eigenvalue weighted by molar-refractivity contribution is 14.0. The van der Waals surface area contributed by atoms with Gasteiger partial charge in [0.2, 0.25) is 0 Å². The van der Waals surface area contributed by atoms with Gasteiger partial charge in [0.25, 0.3) is 5.91 Å². The van der Waals surface area contributed by atoms with E-state index in [1.807, 2.05) is 25.1 Å². The van der Waals surface area contributed by atoms with Gasteiger partial charge in [-0.3, -0.25) is 9.79 Å². The van der Waals surface area contributed by atoms with Gasteiger partial charge in [0.15, 0.2) is 17.5 Å². The second-order valence-electron chi connectivity index (χ2n) is 5.76. The van der Waals surface area contributed by atoms with Gasteiger partial charge in [0, 0.05) is 30.4 Å². The predicted molar refractivity (Wildman–Crippen MR) is 125 cm³/mol. The lowest BCUT2D eigenvalue weighted by Crippen LogP contribution is -2.32. The van der Waals surface area contributed by atoms with E-state index in [2.05, 4.69) is 20.9 Å². The summed E-state index contributed by atoms with van der Waals surface area (Å²) in [5.74, 6) is 1.76. The van der Waals surface area contributed by atoms with Crippen molar-refractivity contribution in [2.75, 3.05) is 39.2 Å². The number of carbonyl (C=O) groups is 1. The number of phenols is 1. The largest absolute Gasteiger partial charge is 0.508 e. The van der Waals surface area contributed by atoms with Gasteiger partial charge >= 0.3 is 0 Å². The standard InChI is InChI=1S/C20H26N4O4.HI/c1-4-21-20(24-15-7-10-17(27-2)18(13-15)28-3)23-12-11-22-19(26)14-5-8-16(25)9-6-14;/h5-10,13,25H,4,11-12H2,1-3H3,(H,22,26)(H2,21,23,24);1H. The molecular weight excluding hydrogens is 487 g/mol. The maximum absolute atomic E-state index is 12.1. The number of amides is 1. The Morgan fingerprint density at radius 2 is 1.72 bits per heavy atom. The number of carbonyl (C=O) groups excluding carboxylic acids is 1. The first-order valence-corrected chi connectivity index (χ1v) is 8.92. The Kier molecular flexibility index (Phi) is 10.7. The van der Waals surface area contributed by atoms with Gasteiger partial charge in [0.05, 0.1) is 20.8 Å². The molecule has 0 heterocycles. The summed E-state index contributed by atoms with van der Waals surface area (Å²) in [6.07, 6.45) is 0. The molecular formula is C20H27IN4O4. The first-order chi connectivity index (χ1) is 13.6. The molecule has 4 N–H and O–H groups in total. The lowest BCUT2D eigenvalue weighted by molar-refractivity contribution is 0.0955. The summed E-state index contributed by atoms with van der Waals surface area (Å²) in [5.41, 5.74) is 1.28. The first-order valence-electron chi connectivity index (χ1n) is 8.92. The van der Waals surface area contributed by atoms with Crippen LogP contribution in [0.4, 0.5) is 5.69 Å². The molecule has 29 heavy (non-hydrogen) atoms. The SMILES string of the molecule is CCNC(=NCCNC(=O)c1ccc(O)cc1)Nc1ccc(OC)c(OC)c1.I. The first kappa shape index (κ1) is 24.3. The lowest BCUT2D eigenvalue weighted by atomic mass is 10.2. The summed E-state index contributed by atoms with van der Waals surface area (Å²) >= 11 is 0. The quantitative estimate of drug-likeness (QED) is 0.187. The monoisotopic (exact) mass is 514 g/mol. The van der Waals surface area contributed by atoms with E-state index in [0.29, 0.717) is 42.7 Å². The fourth-order valence-electron chi connectivity index (χ4n) is 2.41. The van der Waals surface area contributed by atoms with E-state index in [-0.39, 0.29) is 35.6 Å². The number of aliphatic imine (C=N–C) groups is 1. The van der Waals surface area contributed by atoms with Crippen LogP contribution in [0.5, 0.6) is 17.2 Å². The van der Waals surface area contributed by atoms with Gasteiger partial charge < -0.3 is 30.5 Å². The summed E-state index contributed by atoms with van der Waals surface area (Å²) in [6, 6.07) is 11.6. The van der Waals surface area contributed by atoms with Crippen LogP contribution in [0.3, 0.4) is 0 Å². The highest BCUT2D eigenvalue weighted by atomic mass is 127. The van der Waals surface area contributed by atoms with Crippen LogP contribution in [-0.2, 0) is 0 Å². The fraction of sp³-hybridized carbons (Fsp3) is 0.300. The number of phenolic OH excluding ortho intramolecular Hbond substituents is 1. The van der Waals surface area contributed by atoms with E-state index < -0.39 is 0 Å². The number of nitrogens with one attached hydrogen (secondary N) is 3. The maximum Gasteiger partial charge on any atom is 0.251 e. The second kappa shape index (κ2) is 12.7. The van der Waals surface area contributed by atoms with Gasteiger partial charge in [-0.05, 0) is 43.3 Å². The molecule has 0 aliphatic heterocycles. The molecule has 2 aromatic rings. The Labute approximate surface area is 187 Å². The summed E-state index contributed by atoms with van der Waals surface area (Å²) in [6.45, 7) is 3.44. The van der Waals surface area contributed by atoms with Crippen molar-refractivity contribution < 1.29 is 19.4 Å². The molecule has 0 spiro atoms. The Morgan fingerprint density at radius 3 is 2.34 bits per heavy atom. The number of aromatic hydroxyl groups is 1. The van der Waals surface area contributed by atoms with E-state index in [0.717, 1.165) is 5.69 Å².